The average Bonchev–Trinajstić information content (AvgIpc) is 2.52. The SMILES string of the molecule is NC(=O)[C@@H](OC(=O)c1ccc(Cl)c(S(N)(=O)=O)c1)c1ccccc1. The van der Waals surface area contributed by atoms with Crippen LogP contribution in [0.5, 0.6) is 0 Å². The molecule has 0 aliphatic rings. The van der Waals surface area contributed by atoms with Gasteiger partial charge in [0.05, 0.1) is 10.6 Å². The molecular formula is C15H13ClN2O5S. The molecule has 9 heteroatoms. The van der Waals surface area contributed by atoms with Crippen LogP contribution in [0.3, 0.4) is 0 Å². The molecule has 2 aromatic carbocycles. The van der Waals surface area contributed by atoms with Gasteiger partial charge in [0.2, 0.25) is 16.1 Å². The third-order valence-corrected chi connectivity index (χ3v) is 4.45. The molecule has 0 radical (unpaired) electrons. The highest BCUT2D eigenvalue weighted by Gasteiger charge is 2.24. The van der Waals surface area contributed by atoms with Crippen molar-refractivity contribution < 1.29 is 22.7 Å². The van der Waals surface area contributed by atoms with Crippen LogP contribution in [0.15, 0.2) is 53.4 Å². The predicted molar refractivity (Wildman–Crippen MR) is 86.6 cm³/mol. The van der Waals surface area contributed by atoms with Gasteiger partial charge in [-0.1, -0.05) is 41.9 Å². The fraction of sp³-hybridized carbons (Fsp3) is 0.0667. The number of amides is 1. The van der Waals surface area contributed by atoms with Gasteiger partial charge in [0.15, 0.2) is 0 Å². The molecule has 0 aliphatic carbocycles. The first-order valence-corrected chi connectivity index (χ1v) is 8.50. The Morgan fingerprint density at radius 2 is 1.71 bits per heavy atom. The Balaban J connectivity index is 2.33. The topological polar surface area (TPSA) is 130 Å². The summed E-state index contributed by atoms with van der Waals surface area (Å²) in [6, 6.07) is 11.6. The van der Waals surface area contributed by atoms with Crippen molar-refractivity contribution in [2.45, 2.75) is 11.0 Å². The number of esters is 1. The van der Waals surface area contributed by atoms with E-state index in [0.29, 0.717) is 5.56 Å². The maximum Gasteiger partial charge on any atom is 0.339 e. The van der Waals surface area contributed by atoms with Crippen LogP contribution in [0.2, 0.25) is 5.02 Å². The Hall–Kier alpha value is -2.42. The molecule has 1 amide bonds. The second-order valence-corrected chi connectivity index (χ2v) is 6.73. The number of ether oxygens (including phenoxy) is 1. The lowest BCUT2D eigenvalue weighted by Crippen LogP contribution is -2.26. The van der Waals surface area contributed by atoms with Crippen LogP contribution < -0.4 is 10.9 Å². The lowest BCUT2D eigenvalue weighted by molar-refractivity contribution is -0.127. The summed E-state index contributed by atoms with van der Waals surface area (Å²) in [7, 11) is -4.12. The lowest BCUT2D eigenvalue weighted by Gasteiger charge is -2.15. The largest absolute Gasteiger partial charge is 0.444 e. The van der Waals surface area contributed by atoms with E-state index < -0.39 is 32.9 Å². The van der Waals surface area contributed by atoms with E-state index in [1.54, 1.807) is 30.3 Å². The van der Waals surface area contributed by atoms with Crippen LogP contribution in [0.1, 0.15) is 22.0 Å². The molecule has 0 bridgehead atoms. The van der Waals surface area contributed by atoms with E-state index in [1.165, 1.54) is 12.1 Å². The minimum absolute atomic E-state index is 0.134. The summed E-state index contributed by atoms with van der Waals surface area (Å²) in [5.41, 5.74) is 5.52. The van der Waals surface area contributed by atoms with Crippen molar-refractivity contribution >= 4 is 33.5 Å². The van der Waals surface area contributed by atoms with Crippen LogP contribution in [-0.2, 0) is 19.6 Å². The van der Waals surface area contributed by atoms with Gasteiger partial charge >= 0.3 is 5.97 Å². The van der Waals surface area contributed by atoms with E-state index in [9.17, 15) is 18.0 Å². The molecule has 2 aromatic rings. The van der Waals surface area contributed by atoms with Crippen molar-refractivity contribution in [3.63, 3.8) is 0 Å². The van der Waals surface area contributed by atoms with Crippen LogP contribution in [0.4, 0.5) is 0 Å². The second-order valence-electron chi connectivity index (χ2n) is 4.79. The highest BCUT2D eigenvalue weighted by molar-refractivity contribution is 7.89. The van der Waals surface area contributed by atoms with Crippen molar-refractivity contribution in [2.75, 3.05) is 0 Å². The van der Waals surface area contributed by atoms with Crippen molar-refractivity contribution in [1.29, 1.82) is 0 Å². The Kier molecular flexibility index (Phi) is 5.23. The molecule has 0 aliphatic heterocycles. The summed E-state index contributed by atoms with van der Waals surface area (Å²) >= 11 is 5.75. The van der Waals surface area contributed by atoms with E-state index in [4.69, 9.17) is 27.2 Å². The Labute approximate surface area is 143 Å². The van der Waals surface area contributed by atoms with Gasteiger partial charge in [0.1, 0.15) is 4.90 Å². The highest BCUT2D eigenvalue weighted by atomic mass is 35.5. The molecule has 24 heavy (non-hydrogen) atoms. The smallest absolute Gasteiger partial charge is 0.339 e. The van der Waals surface area contributed by atoms with Crippen LogP contribution in [0.25, 0.3) is 0 Å². The number of halogens is 1. The van der Waals surface area contributed by atoms with E-state index in [-0.39, 0.29) is 10.6 Å². The van der Waals surface area contributed by atoms with Gasteiger partial charge in [0, 0.05) is 5.56 Å². The Morgan fingerprint density at radius 1 is 1.08 bits per heavy atom. The van der Waals surface area contributed by atoms with Gasteiger partial charge in [-0.3, -0.25) is 4.79 Å². The number of nitrogens with two attached hydrogens (primary N) is 2. The van der Waals surface area contributed by atoms with Crippen LogP contribution in [0, 0.1) is 0 Å². The Bertz CT molecular complexity index is 884. The molecule has 0 heterocycles. The minimum Gasteiger partial charge on any atom is -0.444 e. The molecule has 2 rings (SSSR count). The average molecular weight is 369 g/mol. The highest BCUT2D eigenvalue weighted by Crippen LogP contribution is 2.24. The number of benzene rings is 2. The normalized spacial score (nSPS) is 12.4. The maximum atomic E-state index is 12.2. The van der Waals surface area contributed by atoms with Crippen molar-refractivity contribution in [3.05, 3.63) is 64.7 Å². The van der Waals surface area contributed by atoms with Gasteiger partial charge in [-0.05, 0) is 18.2 Å². The number of sulfonamides is 1. The van der Waals surface area contributed by atoms with Gasteiger partial charge in [-0.2, -0.15) is 0 Å². The molecule has 4 N–H and O–H groups in total. The number of carbonyl (C=O) groups excluding carboxylic acids is 2. The standard InChI is InChI=1S/C15H13ClN2O5S/c16-11-7-6-10(8-12(11)24(18,21)22)15(20)23-13(14(17)19)9-4-2-1-3-5-9/h1-8,13H,(H2,17,19)(H2,18,21,22)/t13-/m0/s1. The molecule has 0 aromatic heterocycles. The van der Waals surface area contributed by atoms with E-state index in [2.05, 4.69) is 0 Å². The molecule has 0 unspecified atom stereocenters. The Morgan fingerprint density at radius 3 is 2.25 bits per heavy atom. The summed E-state index contributed by atoms with van der Waals surface area (Å²) in [6.45, 7) is 0. The monoisotopic (exact) mass is 368 g/mol. The van der Waals surface area contributed by atoms with E-state index >= 15 is 0 Å². The van der Waals surface area contributed by atoms with Crippen LogP contribution in [-0.4, -0.2) is 20.3 Å². The third-order valence-electron chi connectivity index (χ3n) is 3.06. The first kappa shape index (κ1) is 17.9. The number of hydrogen-bond acceptors (Lipinski definition) is 5. The van der Waals surface area contributed by atoms with Gasteiger partial charge < -0.3 is 10.5 Å². The lowest BCUT2D eigenvalue weighted by atomic mass is 10.1. The number of primary sulfonamides is 1. The molecule has 0 saturated carbocycles. The molecule has 126 valence electrons. The zero-order valence-electron chi connectivity index (χ0n) is 12.2. The fourth-order valence-corrected chi connectivity index (χ4v) is 3.01. The molecule has 0 fully saturated rings. The zero-order valence-corrected chi connectivity index (χ0v) is 13.8. The van der Waals surface area contributed by atoms with Gasteiger partial charge in [0.25, 0.3) is 5.91 Å². The second kappa shape index (κ2) is 7.00. The number of rotatable bonds is 5. The minimum atomic E-state index is -4.12. The number of carbonyl (C=O) groups is 2. The quantitative estimate of drug-likeness (QED) is 0.770. The van der Waals surface area contributed by atoms with Crippen molar-refractivity contribution in [3.8, 4) is 0 Å². The zero-order chi connectivity index (χ0) is 17.9. The number of primary amides is 1. The first-order valence-electron chi connectivity index (χ1n) is 6.57. The first-order chi connectivity index (χ1) is 11.2. The van der Waals surface area contributed by atoms with Gasteiger partial charge in [-0.25, -0.2) is 18.4 Å². The molecule has 1 atom stereocenters. The van der Waals surface area contributed by atoms with E-state index in [1.807, 2.05) is 0 Å². The van der Waals surface area contributed by atoms with Crippen molar-refractivity contribution in [1.82, 2.24) is 0 Å². The molecular weight excluding hydrogens is 356 g/mol. The summed E-state index contributed by atoms with van der Waals surface area (Å²) in [5.74, 6) is -1.81. The summed E-state index contributed by atoms with van der Waals surface area (Å²) in [6.07, 6.45) is -1.31. The number of hydrogen-bond donors (Lipinski definition) is 2. The fourth-order valence-electron chi connectivity index (χ4n) is 1.94. The predicted octanol–water partition coefficient (Wildman–Crippen LogP) is 1.37. The van der Waals surface area contributed by atoms with Gasteiger partial charge in [-0.15, -0.1) is 0 Å². The third kappa shape index (κ3) is 4.10. The summed E-state index contributed by atoms with van der Waals surface area (Å²) in [4.78, 5) is 23.3. The van der Waals surface area contributed by atoms with Crippen molar-refractivity contribution in [2.24, 2.45) is 10.9 Å². The maximum absolute atomic E-state index is 12.2. The molecule has 0 spiro atoms. The van der Waals surface area contributed by atoms with Crippen LogP contribution >= 0.6 is 11.6 Å². The molecule has 0 saturated heterocycles. The molecule has 7 nitrogen and oxygen atoms in total. The summed E-state index contributed by atoms with van der Waals surface area (Å²) in [5, 5.41) is 4.89. The summed E-state index contributed by atoms with van der Waals surface area (Å²) < 4.78 is 28.0. The van der Waals surface area contributed by atoms with E-state index in [0.717, 1.165) is 6.07 Å².